The minimum atomic E-state index is -4.44. The zero-order valence-electron chi connectivity index (χ0n) is 15.6. The Labute approximate surface area is 168 Å². The Morgan fingerprint density at radius 2 is 1.27 bits per heavy atom. The molecule has 1 heterocycles. The smallest absolute Gasteiger partial charge is 0.371 e. The minimum absolute atomic E-state index is 0.148. The predicted octanol–water partition coefficient (Wildman–Crippen LogP) is 5.51. The summed E-state index contributed by atoms with van der Waals surface area (Å²) >= 11 is 0. The van der Waals surface area contributed by atoms with Crippen molar-refractivity contribution in [1.82, 2.24) is 5.32 Å². The standard InChI is InChI=1S/C20H19F6N3O/c21-19(22,23)13-1-5-15(6-2-13)27-18(30)28-16-9-11-29(12-10-16)17-7-3-14(4-8-17)20(24,25)26/h1-8,16H,9-12H2,(H2,27,28,30). The van der Waals surface area contributed by atoms with Gasteiger partial charge >= 0.3 is 18.4 Å². The van der Waals surface area contributed by atoms with Crippen LogP contribution in [-0.2, 0) is 12.4 Å². The van der Waals surface area contributed by atoms with Gasteiger partial charge in [0.25, 0.3) is 0 Å². The number of halogens is 6. The highest BCUT2D eigenvalue weighted by molar-refractivity contribution is 5.89. The number of rotatable bonds is 3. The summed E-state index contributed by atoms with van der Waals surface area (Å²) in [5, 5.41) is 5.26. The number of urea groups is 1. The molecule has 0 bridgehead atoms. The Bertz CT molecular complexity index is 854. The highest BCUT2D eigenvalue weighted by atomic mass is 19.4. The van der Waals surface area contributed by atoms with Crippen LogP contribution in [0.25, 0.3) is 0 Å². The molecule has 2 N–H and O–H groups in total. The van der Waals surface area contributed by atoms with Crippen LogP contribution < -0.4 is 15.5 Å². The summed E-state index contributed by atoms with van der Waals surface area (Å²) in [6.45, 7) is 1.10. The molecule has 10 heteroatoms. The zero-order valence-corrected chi connectivity index (χ0v) is 15.6. The Kier molecular flexibility index (Phi) is 6.14. The van der Waals surface area contributed by atoms with Gasteiger partial charge in [0.1, 0.15) is 0 Å². The first-order valence-electron chi connectivity index (χ1n) is 9.19. The van der Waals surface area contributed by atoms with Crippen molar-refractivity contribution in [2.24, 2.45) is 0 Å². The average Bonchev–Trinajstić information content (AvgIpc) is 2.68. The number of anilines is 2. The van der Waals surface area contributed by atoms with Crippen LogP contribution in [0.4, 0.5) is 42.5 Å². The number of amides is 2. The van der Waals surface area contributed by atoms with E-state index in [9.17, 15) is 31.1 Å². The molecule has 2 amide bonds. The monoisotopic (exact) mass is 431 g/mol. The van der Waals surface area contributed by atoms with Gasteiger partial charge in [-0.2, -0.15) is 26.3 Å². The van der Waals surface area contributed by atoms with Gasteiger partial charge in [-0.3, -0.25) is 0 Å². The molecule has 0 aromatic heterocycles. The van der Waals surface area contributed by atoms with Crippen molar-refractivity contribution in [3.05, 3.63) is 59.7 Å². The third kappa shape index (κ3) is 5.58. The molecule has 0 radical (unpaired) electrons. The molecule has 0 atom stereocenters. The number of alkyl halides is 6. The van der Waals surface area contributed by atoms with Crippen LogP contribution in [0.1, 0.15) is 24.0 Å². The van der Waals surface area contributed by atoms with Crippen molar-refractivity contribution < 1.29 is 31.1 Å². The summed E-state index contributed by atoms with van der Waals surface area (Å²) in [7, 11) is 0. The number of carbonyl (C=O) groups is 1. The largest absolute Gasteiger partial charge is 0.416 e. The third-order valence-corrected chi connectivity index (χ3v) is 4.86. The molecule has 1 fully saturated rings. The maximum atomic E-state index is 12.7. The van der Waals surface area contributed by atoms with E-state index in [0.717, 1.165) is 24.3 Å². The molecule has 1 aliphatic heterocycles. The number of nitrogens with one attached hydrogen (secondary N) is 2. The summed E-state index contributed by atoms with van der Waals surface area (Å²) < 4.78 is 75.7. The van der Waals surface area contributed by atoms with Gasteiger partial charge in [-0.05, 0) is 61.4 Å². The van der Waals surface area contributed by atoms with E-state index in [0.29, 0.717) is 31.6 Å². The summed E-state index contributed by atoms with van der Waals surface area (Å²) in [5.41, 5.74) is -0.592. The second kappa shape index (κ2) is 8.45. The van der Waals surface area contributed by atoms with Crippen molar-refractivity contribution in [2.75, 3.05) is 23.3 Å². The first-order valence-corrected chi connectivity index (χ1v) is 9.19. The number of hydrogen-bond donors (Lipinski definition) is 2. The molecule has 0 spiro atoms. The molecule has 1 aliphatic rings. The van der Waals surface area contributed by atoms with E-state index in [-0.39, 0.29) is 11.7 Å². The molecule has 4 nitrogen and oxygen atoms in total. The molecule has 0 aliphatic carbocycles. The van der Waals surface area contributed by atoms with Gasteiger partial charge in [-0.15, -0.1) is 0 Å². The fourth-order valence-corrected chi connectivity index (χ4v) is 3.24. The Hall–Kier alpha value is -2.91. The summed E-state index contributed by atoms with van der Waals surface area (Å²) in [5.74, 6) is 0. The van der Waals surface area contributed by atoms with E-state index in [2.05, 4.69) is 10.6 Å². The van der Waals surface area contributed by atoms with Crippen LogP contribution in [0.3, 0.4) is 0 Å². The average molecular weight is 431 g/mol. The summed E-state index contributed by atoms with van der Waals surface area (Å²) in [6, 6.07) is 8.38. The lowest BCUT2D eigenvalue weighted by Crippen LogP contribution is -2.46. The molecular formula is C20H19F6N3O. The molecule has 2 aromatic carbocycles. The Morgan fingerprint density at radius 1 is 0.800 bits per heavy atom. The highest BCUT2D eigenvalue weighted by Crippen LogP contribution is 2.31. The zero-order chi connectivity index (χ0) is 21.9. The van der Waals surface area contributed by atoms with Gasteiger partial charge < -0.3 is 15.5 Å². The van der Waals surface area contributed by atoms with E-state index in [1.54, 1.807) is 0 Å². The normalized spacial score (nSPS) is 15.7. The number of carbonyl (C=O) groups excluding carboxylic acids is 1. The fraction of sp³-hybridized carbons (Fsp3) is 0.350. The predicted molar refractivity (Wildman–Crippen MR) is 100 cm³/mol. The number of nitrogens with zero attached hydrogens (tertiary/aromatic N) is 1. The molecule has 1 saturated heterocycles. The van der Waals surface area contributed by atoms with Gasteiger partial charge in [-0.1, -0.05) is 0 Å². The Morgan fingerprint density at radius 3 is 1.73 bits per heavy atom. The maximum Gasteiger partial charge on any atom is 0.416 e. The van der Waals surface area contributed by atoms with Crippen molar-refractivity contribution in [3.63, 3.8) is 0 Å². The Balaban J connectivity index is 1.48. The number of piperidine rings is 1. The molecule has 3 rings (SSSR count). The van der Waals surface area contributed by atoms with Gasteiger partial charge in [0.05, 0.1) is 11.1 Å². The fourth-order valence-electron chi connectivity index (χ4n) is 3.24. The van der Waals surface area contributed by atoms with Crippen molar-refractivity contribution in [3.8, 4) is 0 Å². The van der Waals surface area contributed by atoms with Crippen LogP contribution in [-0.4, -0.2) is 25.2 Å². The lowest BCUT2D eigenvalue weighted by Gasteiger charge is -2.34. The lowest BCUT2D eigenvalue weighted by atomic mass is 10.0. The van der Waals surface area contributed by atoms with Crippen LogP contribution >= 0.6 is 0 Å². The van der Waals surface area contributed by atoms with Gasteiger partial charge in [0.15, 0.2) is 0 Å². The van der Waals surface area contributed by atoms with Crippen molar-refractivity contribution in [2.45, 2.75) is 31.2 Å². The molecule has 2 aromatic rings. The van der Waals surface area contributed by atoms with Crippen LogP contribution in [0, 0.1) is 0 Å². The minimum Gasteiger partial charge on any atom is -0.371 e. The maximum absolute atomic E-state index is 12.7. The first-order chi connectivity index (χ1) is 14.0. The molecule has 0 unspecified atom stereocenters. The van der Waals surface area contributed by atoms with Crippen LogP contribution in [0.5, 0.6) is 0 Å². The van der Waals surface area contributed by atoms with E-state index < -0.39 is 29.5 Å². The second-order valence-electron chi connectivity index (χ2n) is 6.98. The van der Waals surface area contributed by atoms with Crippen LogP contribution in [0.2, 0.25) is 0 Å². The van der Waals surface area contributed by atoms with E-state index in [1.807, 2.05) is 4.90 Å². The van der Waals surface area contributed by atoms with Crippen LogP contribution in [0.15, 0.2) is 48.5 Å². The van der Waals surface area contributed by atoms with Gasteiger partial charge in [0.2, 0.25) is 0 Å². The van der Waals surface area contributed by atoms with E-state index in [4.69, 9.17) is 0 Å². The lowest BCUT2D eigenvalue weighted by molar-refractivity contribution is -0.138. The topological polar surface area (TPSA) is 44.4 Å². The highest BCUT2D eigenvalue weighted by Gasteiger charge is 2.31. The second-order valence-corrected chi connectivity index (χ2v) is 6.98. The molecule has 162 valence electrons. The number of hydrogen-bond acceptors (Lipinski definition) is 2. The molecule has 30 heavy (non-hydrogen) atoms. The first kappa shape index (κ1) is 21.8. The molecule has 0 saturated carbocycles. The van der Waals surface area contributed by atoms with Crippen molar-refractivity contribution in [1.29, 1.82) is 0 Å². The molecular weight excluding hydrogens is 412 g/mol. The summed E-state index contributed by atoms with van der Waals surface area (Å²) in [4.78, 5) is 14.0. The van der Waals surface area contributed by atoms with Crippen molar-refractivity contribution >= 4 is 17.4 Å². The number of benzene rings is 2. The summed E-state index contributed by atoms with van der Waals surface area (Å²) in [6.07, 6.45) is -7.65. The van der Waals surface area contributed by atoms with E-state index in [1.165, 1.54) is 24.3 Å². The van der Waals surface area contributed by atoms with E-state index >= 15 is 0 Å². The SMILES string of the molecule is O=C(Nc1ccc(C(F)(F)F)cc1)NC1CCN(c2ccc(C(F)(F)F)cc2)CC1. The van der Waals surface area contributed by atoms with Gasteiger partial charge in [-0.25, -0.2) is 4.79 Å². The quantitative estimate of drug-likeness (QED) is 0.629. The third-order valence-electron chi connectivity index (χ3n) is 4.86. The van der Waals surface area contributed by atoms with Gasteiger partial charge in [0, 0.05) is 30.5 Å².